The zero-order chi connectivity index (χ0) is 22.9. The van der Waals surface area contributed by atoms with Gasteiger partial charge in [-0.1, -0.05) is 48.0 Å². The van der Waals surface area contributed by atoms with Crippen LogP contribution in [0.5, 0.6) is 0 Å². The van der Waals surface area contributed by atoms with Gasteiger partial charge in [-0.3, -0.25) is 14.4 Å². The lowest BCUT2D eigenvalue weighted by Crippen LogP contribution is -2.48. The van der Waals surface area contributed by atoms with Crippen LogP contribution in [0.3, 0.4) is 0 Å². The quantitative estimate of drug-likeness (QED) is 0.410. The number of carbonyl (C=O) groups is 3. The van der Waals surface area contributed by atoms with Crippen molar-refractivity contribution in [2.75, 3.05) is 13.1 Å². The average Bonchev–Trinajstić information content (AvgIpc) is 2.79. The first kappa shape index (κ1) is 23.8. The summed E-state index contributed by atoms with van der Waals surface area (Å²) in [4.78, 5) is 35.8. The Morgan fingerprint density at radius 3 is 2.50 bits per heavy atom. The first-order valence-corrected chi connectivity index (χ1v) is 11.1. The molecule has 8 heteroatoms. The van der Waals surface area contributed by atoms with Crippen LogP contribution < -0.4 is 16.0 Å². The Labute approximate surface area is 192 Å². The highest BCUT2D eigenvalue weighted by Crippen LogP contribution is 2.22. The fourth-order valence-electron chi connectivity index (χ4n) is 3.79. The third-order valence-corrected chi connectivity index (χ3v) is 5.84. The molecule has 2 aromatic carbocycles. The zero-order valence-corrected chi connectivity index (χ0v) is 18.5. The molecular weight excluding hydrogens is 430 g/mol. The van der Waals surface area contributed by atoms with Crippen molar-refractivity contribution in [3.8, 4) is 0 Å². The molecule has 1 heterocycles. The lowest BCUT2D eigenvalue weighted by molar-refractivity contribution is -0.137. The number of carbonyl (C=O) groups excluding carboxylic acids is 2. The lowest BCUT2D eigenvalue weighted by Gasteiger charge is -2.26. The summed E-state index contributed by atoms with van der Waals surface area (Å²) in [6.45, 7) is 1.26. The predicted octanol–water partition coefficient (Wildman–Crippen LogP) is 2.63. The lowest BCUT2D eigenvalue weighted by atomic mass is 9.93. The van der Waals surface area contributed by atoms with Crippen LogP contribution in [-0.2, 0) is 27.3 Å². The number of carboxylic acids is 1. The first-order chi connectivity index (χ1) is 15.4. The summed E-state index contributed by atoms with van der Waals surface area (Å²) in [5.41, 5.74) is 3.27. The Hall–Kier alpha value is -2.90. The van der Waals surface area contributed by atoms with Crippen molar-refractivity contribution in [1.82, 2.24) is 16.0 Å². The number of amides is 2. The van der Waals surface area contributed by atoms with Crippen LogP contribution in [0, 0.1) is 0 Å². The third-order valence-electron chi connectivity index (χ3n) is 5.58. The molecule has 2 atom stereocenters. The van der Waals surface area contributed by atoms with E-state index in [9.17, 15) is 14.4 Å². The second kappa shape index (κ2) is 11.6. The maximum absolute atomic E-state index is 12.8. The number of halogens is 1. The molecule has 0 unspecified atom stereocenters. The van der Waals surface area contributed by atoms with E-state index in [0.717, 1.165) is 5.56 Å². The fourth-order valence-corrected chi connectivity index (χ4v) is 3.92. The average molecular weight is 458 g/mol. The highest BCUT2D eigenvalue weighted by molar-refractivity contribution is 6.30. The van der Waals surface area contributed by atoms with Crippen LogP contribution in [-0.4, -0.2) is 42.0 Å². The van der Waals surface area contributed by atoms with Gasteiger partial charge in [0.2, 0.25) is 11.8 Å². The summed E-state index contributed by atoms with van der Waals surface area (Å²) in [6.07, 6.45) is 1.18. The van der Waals surface area contributed by atoms with E-state index >= 15 is 0 Å². The summed E-state index contributed by atoms with van der Waals surface area (Å²) < 4.78 is 0. The smallest absolute Gasteiger partial charge is 0.303 e. The van der Waals surface area contributed by atoms with Gasteiger partial charge in [-0.15, -0.1) is 0 Å². The minimum atomic E-state index is -0.889. The maximum atomic E-state index is 12.8. The number of benzene rings is 2. The predicted molar refractivity (Wildman–Crippen MR) is 122 cm³/mol. The molecule has 2 amide bonds. The molecule has 0 saturated carbocycles. The van der Waals surface area contributed by atoms with Gasteiger partial charge >= 0.3 is 5.97 Å². The Morgan fingerprint density at radius 1 is 1.06 bits per heavy atom. The molecule has 1 aliphatic heterocycles. The highest BCUT2D eigenvalue weighted by atomic mass is 35.5. The summed E-state index contributed by atoms with van der Waals surface area (Å²) in [7, 11) is 0. The van der Waals surface area contributed by atoms with Crippen molar-refractivity contribution in [3.05, 3.63) is 70.2 Å². The fraction of sp³-hybridized carbons (Fsp3) is 0.375. The van der Waals surface area contributed by atoms with Crippen molar-refractivity contribution in [2.24, 2.45) is 0 Å². The topological polar surface area (TPSA) is 108 Å². The van der Waals surface area contributed by atoms with E-state index in [-0.39, 0.29) is 36.6 Å². The monoisotopic (exact) mass is 457 g/mol. The van der Waals surface area contributed by atoms with E-state index in [1.54, 1.807) is 12.1 Å². The van der Waals surface area contributed by atoms with Crippen molar-refractivity contribution >= 4 is 29.4 Å². The van der Waals surface area contributed by atoms with E-state index in [0.29, 0.717) is 37.5 Å². The molecule has 32 heavy (non-hydrogen) atoms. The number of rotatable bonds is 10. The van der Waals surface area contributed by atoms with E-state index in [2.05, 4.69) is 22.0 Å². The Morgan fingerprint density at radius 2 is 1.78 bits per heavy atom. The largest absolute Gasteiger partial charge is 0.481 e. The van der Waals surface area contributed by atoms with Gasteiger partial charge in [0, 0.05) is 43.4 Å². The van der Waals surface area contributed by atoms with Crippen molar-refractivity contribution in [1.29, 1.82) is 0 Å². The molecule has 3 rings (SSSR count). The number of nitrogens with one attached hydrogen (secondary N) is 3. The van der Waals surface area contributed by atoms with Gasteiger partial charge in [0.15, 0.2) is 0 Å². The second-order valence-corrected chi connectivity index (χ2v) is 8.39. The van der Waals surface area contributed by atoms with Crippen LogP contribution in [0.1, 0.15) is 41.9 Å². The zero-order valence-electron chi connectivity index (χ0n) is 17.8. The maximum Gasteiger partial charge on any atom is 0.303 e. The molecule has 4 N–H and O–H groups in total. The van der Waals surface area contributed by atoms with Crippen LogP contribution in [0.15, 0.2) is 48.5 Å². The summed E-state index contributed by atoms with van der Waals surface area (Å²) in [5, 5.41) is 18.3. The number of hydrogen-bond donors (Lipinski definition) is 4. The van der Waals surface area contributed by atoms with E-state index in [1.165, 1.54) is 11.1 Å². The number of hydrogen-bond acceptors (Lipinski definition) is 4. The Kier molecular flexibility index (Phi) is 8.64. The molecule has 170 valence electrons. The van der Waals surface area contributed by atoms with Crippen molar-refractivity contribution in [3.63, 3.8) is 0 Å². The van der Waals surface area contributed by atoms with Gasteiger partial charge in [-0.05, 0) is 41.7 Å². The number of fused-ring (bicyclic) bond motifs is 1. The standard InChI is InChI=1S/C24H28ClN3O4/c25-20-9-7-16(8-10-20)19(13-22(29)26-11-3-6-23(30)31)15-28-24(32)21-12-17-4-1-2-5-18(17)14-27-21/h1-2,4-5,7-10,19,21,27H,3,6,11-15H2,(H,26,29)(H,28,32)(H,30,31)/t19-,21-/m0/s1. The van der Waals surface area contributed by atoms with Crippen LogP contribution in [0.25, 0.3) is 0 Å². The van der Waals surface area contributed by atoms with Crippen LogP contribution in [0.2, 0.25) is 5.02 Å². The SMILES string of the molecule is O=C(O)CCCNC(=O)C[C@@H](CNC(=O)[C@@H]1Cc2ccccc2CN1)c1ccc(Cl)cc1. The minimum Gasteiger partial charge on any atom is -0.481 e. The van der Waals surface area contributed by atoms with Crippen LogP contribution >= 0.6 is 11.6 Å². The second-order valence-electron chi connectivity index (χ2n) is 7.95. The summed E-state index contributed by atoms with van der Waals surface area (Å²) in [5.74, 6) is -1.40. The molecule has 0 radical (unpaired) electrons. The van der Waals surface area contributed by atoms with Gasteiger partial charge < -0.3 is 21.1 Å². The van der Waals surface area contributed by atoms with Crippen LogP contribution in [0.4, 0.5) is 0 Å². The molecule has 1 aliphatic rings. The molecule has 0 fully saturated rings. The summed E-state index contributed by atoms with van der Waals surface area (Å²) in [6, 6.07) is 15.0. The molecule has 0 aromatic heterocycles. The van der Waals surface area contributed by atoms with Gasteiger partial charge in [-0.25, -0.2) is 0 Å². The van der Waals surface area contributed by atoms with Gasteiger partial charge in [-0.2, -0.15) is 0 Å². The molecule has 0 aliphatic carbocycles. The highest BCUT2D eigenvalue weighted by Gasteiger charge is 2.25. The van der Waals surface area contributed by atoms with Gasteiger partial charge in [0.25, 0.3) is 0 Å². The molecule has 0 saturated heterocycles. The number of aliphatic carboxylic acids is 1. The van der Waals surface area contributed by atoms with E-state index in [4.69, 9.17) is 16.7 Å². The molecule has 0 spiro atoms. The van der Waals surface area contributed by atoms with Gasteiger partial charge in [0.05, 0.1) is 6.04 Å². The van der Waals surface area contributed by atoms with Crippen molar-refractivity contribution < 1.29 is 19.5 Å². The molecule has 7 nitrogen and oxygen atoms in total. The van der Waals surface area contributed by atoms with E-state index in [1.807, 2.05) is 30.3 Å². The Balaban J connectivity index is 1.57. The van der Waals surface area contributed by atoms with Gasteiger partial charge in [0.1, 0.15) is 0 Å². The number of carboxylic acid groups (broad SMARTS) is 1. The molecule has 0 bridgehead atoms. The molecule has 2 aromatic rings. The normalized spacial score (nSPS) is 16.0. The van der Waals surface area contributed by atoms with E-state index < -0.39 is 5.97 Å². The minimum absolute atomic E-state index is 0.00840. The Bertz CT molecular complexity index is 949. The summed E-state index contributed by atoms with van der Waals surface area (Å²) >= 11 is 6.00. The first-order valence-electron chi connectivity index (χ1n) is 10.7. The molecular formula is C24H28ClN3O4. The van der Waals surface area contributed by atoms with Crippen molar-refractivity contribution in [2.45, 2.75) is 44.2 Å². The third kappa shape index (κ3) is 7.07.